The maximum absolute atomic E-state index is 13.3. The summed E-state index contributed by atoms with van der Waals surface area (Å²) in [5.41, 5.74) is 2.48. The van der Waals surface area contributed by atoms with Gasteiger partial charge in [-0.2, -0.15) is 13.2 Å². The van der Waals surface area contributed by atoms with Crippen LogP contribution in [0.1, 0.15) is 57.7 Å². The number of amides is 2. The van der Waals surface area contributed by atoms with Gasteiger partial charge in [0.1, 0.15) is 5.82 Å². The van der Waals surface area contributed by atoms with Gasteiger partial charge < -0.3 is 15.4 Å². The molecule has 1 heterocycles. The van der Waals surface area contributed by atoms with Crippen molar-refractivity contribution in [2.75, 3.05) is 18.5 Å². The minimum Gasteiger partial charge on any atom is -0.379 e. The van der Waals surface area contributed by atoms with E-state index in [0.717, 1.165) is 30.5 Å². The first-order valence-electron chi connectivity index (χ1n) is 14.7. The number of pyridine rings is 1. The summed E-state index contributed by atoms with van der Waals surface area (Å²) in [6.07, 6.45) is -2.48. The second-order valence-corrected chi connectivity index (χ2v) is 10.5. The molecule has 0 bridgehead atoms. The number of anilines is 1. The quantitative estimate of drug-likeness (QED) is 0.147. The van der Waals surface area contributed by atoms with Gasteiger partial charge in [0.25, 0.3) is 11.8 Å². The summed E-state index contributed by atoms with van der Waals surface area (Å²) in [6.45, 7) is 3.07. The van der Waals surface area contributed by atoms with Gasteiger partial charge in [-0.05, 0) is 71.6 Å². The molecule has 9 heteroatoms. The van der Waals surface area contributed by atoms with Gasteiger partial charge in [-0.25, -0.2) is 4.98 Å². The number of benzene rings is 4. The molecule has 0 aliphatic rings. The molecule has 0 saturated carbocycles. The Morgan fingerprint density at radius 3 is 2.31 bits per heavy atom. The molecule has 0 aliphatic heterocycles. The molecular weight excluding hydrogens is 579 g/mol. The summed E-state index contributed by atoms with van der Waals surface area (Å²) in [5, 5.41) is 6.57. The van der Waals surface area contributed by atoms with Crippen molar-refractivity contribution in [3.05, 3.63) is 131 Å². The normalized spacial score (nSPS) is 12.1. The van der Waals surface area contributed by atoms with E-state index in [0.29, 0.717) is 46.6 Å². The number of ether oxygens (including phenoxy) is 1. The van der Waals surface area contributed by atoms with Gasteiger partial charge >= 0.3 is 6.18 Å². The second-order valence-electron chi connectivity index (χ2n) is 10.5. The number of rotatable bonds is 11. The molecule has 6 nitrogen and oxygen atoms in total. The standard InChI is InChI=1S/C36H32F3N3O3/c1-2-3-21-45-23-32(25-9-5-4-6-10-25)41-34(43)27-15-19-31-26(22-27)16-20-33(40-31)42-35(44)30-12-8-7-11-29(30)24-13-17-28(18-14-24)36(37,38)39/h4-20,22,32H,2-3,21,23H2,1H3,(H,41,43)(H,40,42,44)/t32-/m1/s1. The first kappa shape index (κ1) is 31.4. The Morgan fingerprint density at radius 2 is 1.58 bits per heavy atom. The van der Waals surface area contributed by atoms with Gasteiger partial charge in [-0.1, -0.05) is 74.0 Å². The molecule has 1 atom stereocenters. The summed E-state index contributed by atoms with van der Waals surface area (Å²) in [6, 6.07) is 29.2. The lowest BCUT2D eigenvalue weighted by Gasteiger charge is -2.19. The highest BCUT2D eigenvalue weighted by molar-refractivity contribution is 6.08. The number of carbonyl (C=O) groups excluding carboxylic acids is 2. The van der Waals surface area contributed by atoms with E-state index >= 15 is 0 Å². The molecule has 5 rings (SSSR count). The number of hydrogen-bond donors (Lipinski definition) is 2. The molecule has 45 heavy (non-hydrogen) atoms. The van der Waals surface area contributed by atoms with E-state index in [-0.39, 0.29) is 17.5 Å². The minimum atomic E-state index is -4.45. The van der Waals surface area contributed by atoms with Gasteiger partial charge in [-0.15, -0.1) is 0 Å². The zero-order valence-electron chi connectivity index (χ0n) is 24.6. The van der Waals surface area contributed by atoms with Crippen LogP contribution in [-0.2, 0) is 10.9 Å². The highest BCUT2D eigenvalue weighted by Crippen LogP contribution is 2.32. The number of nitrogens with one attached hydrogen (secondary N) is 2. The number of carbonyl (C=O) groups is 2. The molecule has 5 aromatic rings. The Hall–Kier alpha value is -5.02. The average Bonchev–Trinajstić information content (AvgIpc) is 3.06. The SMILES string of the molecule is CCCCOC[C@@H](NC(=O)c1ccc2nc(NC(=O)c3ccccc3-c3ccc(C(F)(F)F)cc3)ccc2c1)c1ccccc1. The van der Waals surface area contributed by atoms with Crippen molar-refractivity contribution >= 4 is 28.5 Å². The van der Waals surface area contributed by atoms with Crippen molar-refractivity contribution in [2.45, 2.75) is 32.0 Å². The van der Waals surface area contributed by atoms with Crippen molar-refractivity contribution in [1.82, 2.24) is 10.3 Å². The first-order valence-corrected chi connectivity index (χ1v) is 14.7. The van der Waals surface area contributed by atoms with Crippen molar-refractivity contribution in [1.29, 1.82) is 0 Å². The summed E-state index contributed by atoms with van der Waals surface area (Å²) < 4.78 is 44.9. The smallest absolute Gasteiger partial charge is 0.379 e. The van der Waals surface area contributed by atoms with Crippen LogP contribution in [0.15, 0.2) is 109 Å². The Kier molecular flexibility index (Phi) is 9.89. The molecule has 4 aromatic carbocycles. The van der Waals surface area contributed by atoms with E-state index < -0.39 is 17.6 Å². The van der Waals surface area contributed by atoms with Crippen LogP contribution in [0.3, 0.4) is 0 Å². The maximum atomic E-state index is 13.3. The monoisotopic (exact) mass is 611 g/mol. The van der Waals surface area contributed by atoms with Crippen molar-refractivity contribution < 1.29 is 27.5 Å². The molecule has 2 N–H and O–H groups in total. The molecule has 0 saturated heterocycles. The molecule has 1 aromatic heterocycles. The summed E-state index contributed by atoms with van der Waals surface area (Å²) in [4.78, 5) is 31.0. The number of alkyl halides is 3. The van der Waals surface area contributed by atoms with E-state index in [9.17, 15) is 22.8 Å². The molecule has 0 unspecified atom stereocenters. The number of halogens is 3. The van der Waals surface area contributed by atoms with Crippen molar-refractivity contribution in [3.63, 3.8) is 0 Å². The third kappa shape index (κ3) is 7.93. The largest absolute Gasteiger partial charge is 0.416 e. The lowest BCUT2D eigenvalue weighted by molar-refractivity contribution is -0.137. The number of nitrogens with zero attached hydrogens (tertiary/aromatic N) is 1. The molecule has 0 fully saturated rings. The molecule has 0 radical (unpaired) electrons. The van der Waals surface area contributed by atoms with Crippen LogP contribution in [0.5, 0.6) is 0 Å². The predicted octanol–water partition coefficient (Wildman–Crippen LogP) is 8.46. The molecule has 230 valence electrons. The Bertz CT molecular complexity index is 1770. The van der Waals surface area contributed by atoms with E-state index in [1.165, 1.54) is 12.1 Å². The van der Waals surface area contributed by atoms with Crippen LogP contribution in [0.2, 0.25) is 0 Å². The van der Waals surface area contributed by atoms with Crippen molar-refractivity contribution in [2.24, 2.45) is 0 Å². The highest BCUT2D eigenvalue weighted by atomic mass is 19.4. The number of hydrogen-bond acceptors (Lipinski definition) is 4. The van der Waals surface area contributed by atoms with Crippen LogP contribution < -0.4 is 10.6 Å². The Balaban J connectivity index is 1.30. The fourth-order valence-corrected chi connectivity index (χ4v) is 4.89. The third-order valence-electron chi connectivity index (χ3n) is 7.32. The fraction of sp³-hybridized carbons (Fsp3) is 0.194. The summed E-state index contributed by atoms with van der Waals surface area (Å²) in [5.74, 6) is -0.413. The lowest BCUT2D eigenvalue weighted by atomic mass is 9.98. The van der Waals surface area contributed by atoms with E-state index in [1.54, 1.807) is 54.6 Å². The third-order valence-corrected chi connectivity index (χ3v) is 7.32. The fourth-order valence-electron chi connectivity index (χ4n) is 4.89. The van der Waals surface area contributed by atoms with E-state index in [1.807, 2.05) is 30.3 Å². The van der Waals surface area contributed by atoms with Gasteiger partial charge in [0.05, 0.1) is 23.7 Å². The van der Waals surface area contributed by atoms with Gasteiger partial charge in [0.2, 0.25) is 0 Å². The van der Waals surface area contributed by atoms with Crippen molar-refractivity contribution in [3.8, 4) is 11.1 Å². The van der Waals surface area contributed by atoms with Crippen LogP contribution in [-0.4, -0.2) is 30.0 Å². The maximum Gasteiger partial charge on any atom is 0.416 e. The minimum absolute atomic E-state index is 0.248. The highest BCUT2D eigenvalue weighted by Gasteiger charge is 2.30. The molecule has 0 spiro atoms. The number of aromatic nitrogens is 1. The van der Waals surface area contributed by atoms with Crippen LogP contribution in [0, 0.1) is 0 Å². The first-order chi connectivity index (χ1) is 21.7. The van der Waals surface area contributed by atoms with Gasteiger partial charge in [0.15, 0.2) is 0 Å². The van der Waals surface area contributed by atoms with E-state index in [4.69, 9.17) is 4.74 Å². The summed E-state index contributed by atoms with van der Waals surface area (Å²) >= 11 is 0. The average molecular weight is 612 g/mol. The zero-order chi connectivity index (χ0) is 31.8. The summed E-state index contributed by atoms with van der Waals surface area (Å²) in [7, 11) is 0. The topological polar surface area (TPSA) is 80.3 Å². The number of unbranched alkanes of at least 4 members (excludes halogenated alkanes) is 1. The van der Waals surface area contributed by atoms with Gasteiger partial charge in [0, 0.05) is 23.1 Å². The molecule has 2 amide bonds. The Labute approximate surface area is 259 Å². The lowest BCUT2D eigenvalue weighted by Crippen LogP contribution is -2.31. The Morgan fingerprint density at radius 1 is 0.844 bits per heavy atom. The van der Waals surface area contributed by atoms with Crippen LogP contribution >= 0.6 is 0 Å². The molecular formula is C36H32F3N3O3. The van der Waals surface area contributed by atoms with Gasteiger partial charge in [-0.3, -0.25) is 9.59 Å². The van der Waals surface area contributed by atoms with Crippen LogP contribution in [0.25, 0.3) is 22.0 Å². The second kappa shape index (κ2) is 14.2. The van der Waals surface area contributed by atoms with Crippen LogP contribution in [0.4, 0.5) is 19.0 Å². The molecule has 0 aliphatic carbocycles. The number of fused-ring (bicyclic) bond motifs is 1. The zero-order valence-corrected chi connectivity index (χ0v) is 24.6. The predicted molar refractivity (Wildman–Crippen MR) is 169 cm³/mol. The van der Waals surface area contributed by atoms with E-state index in [2.05, 4.69) is 22.5 Å².